The van der Waals surface area contributed by atoms with Gasteiger partial charge in [-0.25, -0.2) is 0 Å². The van der Waals surface area contributed by atoms with E-state index in [1.165, 1.54) is 11.1 Å². The van der Waals surface area contributed by atoms with E-state index in [0.717, 1.165) is 19.3 Å². The van der Waals surface area contributed by atoms with E-state index in [9.17, 15) is 4.79 Å². The van der Waals surface area contributed by atoms with Crippen LogP contribution in [0, 0.1) is 18.8 Å². The first-order valence-corrected chi connectivity index (χ1v) is 8.23. The van der Waals surface area contributed by atoms with Gasteiger partial charge in [-0.3, -0.25) is 4.79 Å². The fourth-order valence-electron chi connectivity index (χ4n) is 3.38. The molecule has 1 aromatic carbocycles. The molecule has 0 aromatic heterocycles. The normalized spacial score (nSPS) is 20.9. The van der Waals surface area contributed by atoms with E-state index in [-0.39, 0.29) is 42.7 Å². The number of benzene rings is 1. The number of carbonyl (C=O) groups is 1. The molecule has 1 aromatic rings. The minimum absolute atomic E-state index is 0. The first-order chi connectivity index (χ1) is 10.5. The largest absolute Gasteiger partial charge is 0.354 e. The fraction of sp³-hybridized carbons (Fsp3) is 0.611. The zero-order chi connectivity index (χ0) is 16.1. The minimum Gasteiger partial charge on any atom is -0.354 e. The maximum atomic E-state index is 12.4. The molecule has 0 bridgehead atoms. The molecular formula is C18H31Cl2N3O. The lowest BCUT2D eigenvalue weighted by Gasteiger charge is -2.26. The van der Waals surface area contributed by atoms with Gasteiger partial charge in [0.1, 0.15) is 0 Å². The predicted molar refractivity (Wildman–Crippen MR) is 105 cm³/mol. The average molecular weight is 376 g/mol. The van der Waals surface area contributed by atoms with Crippen LogP contribution in [0.2, 0.25) is 0 Å². The molecule has 4 nitrogen and oxygen atoms in total. The number of aryl methyl sites for hydroxylation is 1. The molecular weight excluding hydrogens is 345 g/mol. The van der Waals surface area contributed by atoms with Crippen LogP contribution in [0.3, 0.4) is 0 Å². The van der Waals surface area contributed by atoms with Crippen molar-refractivity contribution >= 4 is 30.7 Å². The van der Waals surface area contributed by atoms with E-state index in [1.807, 2.05) is 0 Å². The van der Waals surface area contributed by atoms with Crippen molar-refractivity contribution < 1.29 is 4.79 Å². The molecule has 6 heteroatoms. The summed E-state index contributed by atoms with van der Waals surface area (Å²) < 4.78 is 0. The summed E-state index contributed by atoms with van der Waals surface area (Å²) in [6, 6.07) is 8.72. The Balaban J connectivity index is 0.00000264. The third-order valence-corrected chi connectivity index (χ3v) is 4.85. The second-order valence-corrected chi connectivity index (χ2v) is 6.67. The standard InChI is InChI=1S/C18H29N3O.2ClH/c1-13-7-9-14(10-8-13)17(21(2)3)12-20-18(22)16-6-4-5-15(16)11-19;;/h7-10,15-17H,4-6,11-12,19H2,1-3H3,(H,20,22);2*1H/t15-,16-,17?;;/m1../s1. The fourth-order valence-corrected chi connectivity index (χ4v) is 3.38. The third kappa shape index (κ3) is 5.92. The Hall–Kier alpha value is -0.810. The number of hydrogen-bond acceptors (Lipinski definition) is 3. The van der Waals surface area contributed by atoms with E-state index in [4.69, 9.17) is 5.73 Å². The summed E-state index contributed by atoms with van der Waals surface area (Å²) in [6.45, 7) is 3.35. The molecule has 0 saturated heterocycles. The van der Waals surface area contributed by atoms with E-state index < -0.39 is 0 Å². The number of hydrogen-bond donors (Lipinski definition) is 2. The van der Waals surface area contributed by atoms with Crippen molar-refractivity contribution in [3.63, 3.8) is 0 Å². The number of nitrogens with zero attached hydrogens (tertiary/aromatic N) is 1. The van der Waals surface area contributed by atoms with Crippen molar-refractivity contribution in [2.45, 2.75) is 32.2 Å². The third-order valence-electron chi connectivity index (χ3n) is 4.85. The Morgan fingerprint density at radius 1 is 1.25 bits per heavy atom. The zero-order valence-electron chi connectivity index (χ0n) is 14.8. The van der Waals surface area contributed by atoms with Crippen LogP contribution in [-0.2, 0) is 4.79 Å². The Kier molecular flexibility index (Phi) is 10.6. The van der Waals surface area contributed by atoms with Crippen molar-refractivity contribution in [1.82, 2.24) is 10.2 Å². The summed E-state index contributed by atoms with van der Waals surface area (Å²) in [5.74, 6) is 0.634. The lowest BCUT2D eigenvalue weighted by atomic mass is 9.95. The lowest BCUT2D eigenvalue weighted by Crippen LogP contribution is -2.39. The summed E-state index contributed by atoms with van der Waals surface area (Å²) in [6.07, 6.45) is 3.18. The number of carbonyl (C=O) groups excluding carboxylic acids is 1. The maximum absolute atomic E-state index is 12.4. The minimum atomic E-state index is 0. The molecule has 1 aliphatic carbocycles. The average Bonchev–Trinajstić information content (AvgIpc) is 2.97. The van der Waals surface area contributed by atoms with Gasteiger partial charge in [0.05, 0.1) is 6.04 Å². The molecule has 1 aliphatic rings. The molecule has 138 valence electrons. The second kappa shape index (κ2) is 10.9. The molecule has 0 spiro atoms. The van der Waals surface area contributed by atoms with Gasteiger partial charge in [-0.15, -0.1) is 24.8 Å². The van der Waals surface area contributed by atoms with Crippen LogP contribution in [0.5, 0.6) is 0 Å². The molecule has 1 fully saturated rings. The number of nitrogens with one attached hydrogen (secondary N) is 1. The van der Waals surface area contributed by atoms with Crippen LogP contribution in [0.4, 0.5) is 0 Å². The maximum Gasteiger partial charge on any atom is 0.223 e. The highest BCUT2D eigenvalue weighted by Crippen LogP contribution is 2.31. The van der Waals surface area contributed by atoms with Crippen LogP contribution >= 0.6 is 24.8 Å². The zero-order valence-corrected chi connectivity index (χ0v) is 16.5. The van der Waals surface area contributed by atoms with Gasteiger partial charge in [0.15, 0.2) is 0 Å². The molecule has 0 radical (unpaired) electrons. The molecule has 1 saturated carbocycles. The number of nitrogens with two attached hydrogens (primary N) is 1. The van der Waals surface area contributed by atoms with Crippen LogP contribution in [0.15, 0.2) is 24.3 Å². The Labute approximate surface area is 158 Å². The van der Waals surface area contributed by atoms with Crippen LogP contribution in [0.25, 0.3) is 0 Å². The van der Waals surface area contributed by atoms with Crippen LogP contribution in [-0.4, -0.2) is 38.0 Å². The Bertz CT molecular complexity index is 494. The van der Waals surface area contributed by atoms with Gasteiger partial charge in [-0.05, 0) is 51.9 Å². The molecule has 3 atom stereocenters. The van der Waals surface area contributed by atoms with E-state index >= 15 is 0 Å². The molecule has 0 heterocycles. The Morgan fingerprint density at radius 2 is 1.88 bits per heavy atom. The number of amides is 1. The summed E-state index contributed by atoms with van der Waals surface area (Å²) in [5.41, 5.74) is 8.27. The number of rotatable bonds is 6. The quantitative estimate of drug-likeness (QED) is 0.803. The van der Waals surface area contributed by atoms with Crippen LogP contribution < -0.4 is 11.1 Å². The van der Waals surface area contributed by atoms with Gasteiger partial charge in [-0.1, -0.05) is 36.2 Å². The summed E-state index contributed by atoms with van der Waals surface area (Å²) in [4.78, 5) is 14.6. The summed E-state index contributed by atoms with van der Waals surface area (Å²) in [7, 11) is 4.10. The summed E-state index contributed by atoms with van der Waals surface area (Å²) in [5, 5.41) is 3.15. The molecule has 3 N–H and O–H groups in total. The van der Waals surface area contributed by atoms with Gasteiger partial charge < -0.3 is 16.0 Å². The molecule has 0 aliphatic heterocycles. The van der Waals surface area contributed by atoms with Crippen molar-refractivity contribution in [3.8, 4) is 0 Å². The molecule has 1 unspecified atom stereocenters. The van der Waals surface area contributed by atoms with Gasteiger partial charge in [0.25, 0.3) is 0 Å². The topological polar surface area (TPSA) is 58.4 Å². The second-order valence-electron chi connectivity index (χ2n) is 6.67. The van der Waals surface area contributed by atoms with Crippen molar-refractivity contribution in [2.24, 2.45) is 17.6 Å². The van der Waals surface area contributed by atoms with Gasteiger partial charge in [0.2, 0.25) is 5.91 Å². The van der Waals surface area contributed by atoms with E-state index in [1.54, 1.807) is 0 Å². The number of likely N-dealkylation sites (N-methyl/N-ethyl adjacent to an activating group) is 1. The Morgan fingerprint density at radius 3 is 2.42 bits per heavy atom. The van der Waals surface area contributed by atoms with Crippen molar-refractivity contribution in [3.05, 3.63) is 35.4 Å². The highest BCUT2D eigenvalue weighted by atomic mass is 35.5. The highest BCUT2D eigenvalue weighted by Gasteiger charge is 2.32. The van der Waals surface area contributed by atoms with Crippen LogP contribution in [0.1, 0.15) is 36.4 Å². The van der Waals surface area contributed by atoms with Gasteiger partial charge in [0, 0.05) is 12.5 Å². The van der Waals surface area contributed by atoms with Crippen molar-refractivity contribution in [1.29, 1.82) is 0 Å². The summed E-state index contributed by atoms with van der Waals surface area (Å²) >= 11 is 0. The lowest BCUT2D eigenvalue weighted by molar-refractivity contribution is -0.126. The van der Waals surface area contributed by atoms with E-state index in [0.29, 0.717) is 19.0 Å². The highest BCUT2D eigenvalue weighted by molar-refractivity contribution is 5.85. The monoisotopic (exact) mass is 375 g/mol. The predicted octanol–water partition coefficient (Wildman–Crippen LogP) is 2.93. The first-order valence-electron chi connectivity index (χ1n) is 8.23. The first kappa shape index (κ1) is 23.2. The van der Waals surface area contributed by atoms with E-state index in [2.05, 4.69) is 55.5 Å². The van der Waals surface area contributed by atoms with Gasteiger partial charge in [-0.2, -0.15) is 0 Å². The molecule has 2 rings (SSSR count). The van der Waals surface area contributed by atoms with Crippen molar-refractivity contribution in [2.75, 3.05) is 27.2 Å². The van der Waals surface area contributed by atoms with Gasteiger partial charge >= 0.3 is 0 Å². The molecule has 24 heavy (non-hydrogen) atoms. The smallest absolute Gasteiger partial charge is 0.223 e. The number of halogens is 2. The molecule has 1 amide bonds. The SMILES string of the molecule is Cc1ccc(C(CNC(=O)[C@@H]2CCC[C@@H]2CN)N(C)C)cc1.Cl.Cl.